The Kier molecular flexibility index (Phi) is 7.48. The molecule has 0 saturated heterocycles. The second kappa shape index (κ2) is 7.80. The Morgan fingerprint density at radius 2 is 2.07 bits per heavy atom. The van der Waals surface area contributed by atoms with Gasteiger partial charge in [-0.2, -0.15) is 0 Å². The van der Waals surface area contributed by atoms with E-state index in [-0.39, 0.29) is 5.91 Å². The van der Waals surface area contributed by atoms with Crippen molar-refractivity contribution in [2.45, 2.75) is 40.0 Å². The third-order valence-electron chi connectivity index (χ3n) is 2.43. The minimum absolute atomic E-state index is 0.142. The lowest BCUT2D eigenvalue weighted by Crippen LogP contribution is -2.29. The van der Waals surface area contributed by atoms with Gasteiger partial charge in [0.25, 0.3) is 0 Å². The van der Waals surface area contributed by atoms with E-state index < -0.39 is 0 Å². The van der Waals surface area contributed by atoms with Gasteiger partial charge < -0.3 is 11.1 Å². The summed E-state index contributed by atoms with van der Waals surface area (Å²) in [7, 11) is 0. The van der Waals surface area contributed by atoms with Crippen LogP contribution in [-0.4, -0.2) is 19.0 Å². The van der Waals surface area contributed by atoms with Gasteiger partial charge in [0.15, 0.2) is 0 Å². The zero-order valence-electron chi connectivity index (χ0n) is 9.68. The third-order valence-corrected chi connectivity index (χ3v) is 2.43. The summed E-state index contributed by atoms with van der Waals surface area (Å²) in [5.74, 6) is 1.13. The highest BCUT2D eigenvalue weighted by molar-refractivity contribution is 5.76. The molecule has 3 N–H and O–H groups in total. The number of hydrogen-bond donors (Lipinski definition) is 2. The van der Waals surface area contributed by atoms with Crippen molar-refractivity contribution >= 4 is 5.91 Å². The lowest BCUT2D eigenvalue weighted by molar-refractivity contribution is -0.122. The Hall–Kier alpha value is -0.570. The van der Waals surface area contributed by atoms with Crippen molar-refractivity contribution in [3.63, 3.8) is 0 Å². The fraction of sp³-hybridized carbons (Fsp3) is 0.909. The first-order valence-electron chi connectivity index (χ1n) is 5.56. The zero-order chi connectivity index (χ0) is 11.0. The van der Waals surface area contributed by atoms with E-state index in [1.54, 1.807) is 0 Å². The van der Waals surface area contributed by atoms with Crippen LogP contribution in [0.15, 0.2) is 0 Å². The average molecular weight is 200 g/mol. The third kappa shape index (κ3) is 6.89. The highest BCUT2D eigenvalue weighted by atomic mass is 16.1. The molecular formula is C11H24N2O. The van der Waals surface area contributed by atoms with Crippen LogP contribution in [-0.2, 0) is 4.79 Å². The number of nitrogens with two attached hydrogens (primary N) is 1. The Bertz CT molecular complexity index is 153. The molecule has 0 radical (unpaired) electrons. The van der Waals surface area contributed by atoms with Crippen LogP contribution in [0.4, 0.5) is 0 Å². The predicted octanol–water partition coefficient (Wildman–Crippen LogP) is 1.52. The summed E-state index contributed by atoms with van der Waals surface area (Å²) >= 11 is 0. The molecule has 0 aromatic carbocycles. The molecule has 1 unspecified atom stereocenters. The van der Waals surface area contributed by atoms with Crippen molar-refractivity contribution < 1.29 is 4.79 Å². The number of rotatable bonds is 7. The number of hydrogen-bond acceptors (Lipinski definition) is 2. The molecule has 0 rings (SSSR count). The summed E-state index contributed by atoms with van der Waals surface area (Å²) < 4.78 is 0. The second-order valence-electron chi connectivity index (χ2n) is 4.25. The van der Waals surface area contributed by atoms with Gasteiger partial charge in [-0.3, -0.25) is 4.79 Å². The Labute approximate surface area is 87.4 Å². The number of amides is 1. The van der Waals surface area contributed by atoms with Gasteiger partial charge >= 0.3 is 0 Å². The first kappa shape index (κ1) is 13.4. The van der Waals surface area contributed by atoms with Gasteiger partial charge in [-0.1, -0.05) is 27.2 Å². The molecule has 84 valence electrons. The number of carbonyl (C=O) groups is 1. The molecule has 0 spiro atoms. The fourth-order valence-electron chi connectivity index (χ4n) is 1.23. The maximum absolute atomic E-state index is 11.4. The quantitative estimate of drug-likeness (QED) is 0.654. The lowest BCUT2D eigenvalue weighted by Gasteiger charge is -2.12. The minimum atomic E-state index is 0.142. The van der Waals surface area contributed by atoms with Gasteiger partial charge in [0.05, 0.1) is 0 Å². The highest BCUT2D eigenvalue weighted by Crippen LogP contribution is 2.05. The zero-order valence-corrected chi connectivity index (χ0v) is 9.68. The minimum Gasteiger partial charge on any atom is -0.356 e. The smallest absolute Gasteiger partial charge is 0.220 e. The molecule has 1 amide bonds. The van der Waals surface area contributed by atoms with Crippen LogP contribution < -0.4 is 11.1 Å². The molecule has 0 bridgehead atoms. The molecule has 0 fully saturated rings. The van der Waals surface area contributed by atoms with Gasteiger partial charge in [0.2, 0.25) is 5.91 Å². The van der Waals surface area contributed by atoms with Crippen molar-refractivity contribution in [2.24, 2.45) is 17.6 Å². The van der Waals surface area contributed by atoms with Crippen LogP contribution in [0.1, 0.15) is 40.0 Å². The average Bonchev–Trinajstić information content (AvgIpc) is 2.13. The summed E-state index contributed by atoms with van der Waals surface area (Å²) in [6, 6.07) is 0. The molecule has 0 heterocycles. The van der Waals surface area contributed by atoms with Crippen LogP contribution in [0.3, 0.4) is 0 Å². The van der Waals surface area contributed by atoms with E-state index in [2.05, 4.69) is 26.1 Å². The first-order chi connectivity index (χ1) is 6.60. The molecule has 0 aliphatic heterocycles. The number of nitrogens with one attached hydrogen (secondary N) is 1. The van der Waals surface area contributed by atoms with Crippen molar-refractivity contribution in [3.05, 3.63) is 0 Å². The maximum Gasteiger partial charge on any atom is 0.220 e. The van der Waals surface area contributed by atoms with Crippen molar-refractivity contribution in [1.29, 1.82) is 0 Å². The van der Waals surface area contributed by atoms with E-state index in [4.69, 9.17) is 5.73 Å². The summed E-state index contributed by atoms with van der Waals surface area (Å²) in [6.07, 6.45) is 2.60. The molecule has 0 aliphatic rings. The fourth-order valence-corrected chi connectivity index (χ4v) is 1.23. The summed E-state index contributed by atoms with van der Waals surface area (Å²) in [5.41, 5.74) is 5.53. The number of carbonyl (C=O) groups excluding carboxylic acids is 1. The van der Waals surface area contributed by atoms with Crippen LogP contribution >= 0.6 is 0 Å². The highest BCUT2D eigenvalue weighted by Gasteiger charge is 2.09. The van der Waals surface area contributed by atoms with Crippen LogP contribution in [0, 0.1) is 11.8 Å². The molecule has 3 heteroatoms. The van der Waals surface area contributed by atoms with Gasteiger partial charge in [-0.25, -0.2) is 0 Å². The normalized spacial score (nSPS) is 12.9. The van der Waals surface area contributed by atoms with Crippen LogP contribution in [0.25, 0.3) is 0 Å². The second-order valence-corrected chi connectivity index (χ2v) is 4.25. The summed E-state index contributed by atoms with van der Waals surface area (Å²) in [4.78, 5) is 11.4. The lowest BCUT2D eigenvalue weighted by atomic mass is 10.0. The van der Waals surface area contributed by atoms with Crippen molar-refractivity contribution in [2.75, 3.05) is 13.1 Å². The van der Waals surface area contributed by atoms with Crippen molar-refractivity contribution in [3.8, 4) is 0 Å². The Balaban J connectivity index is 3.54. The molecule has 3 nitrogen and oxygen atoms in total. The van der Waals surface area contributed by atoms with Crippen LogP contribution in [0.2, 0.25) is 0 Å². The Morgan fingerprint density at radius 3 is 2.50 bits per heavy atom. The maximum atomic E-state index is 11.4. The molecule has 1 atom stereocenters. The first-order valence-corrected chi connectivity index (χ1v) is 5.56. The van der Waals surface area contributed by atoms with E-state index in [0.717, 1.165) is 19.4 Å². The molecule has 14 heavy (non-hydrogen) atoms. The van der Waals surface area contributed by atoms with E-state index in [1.807, 2.05) is 0 Å². The molecule has 0 aromatic heterocycles. The standard InChI is InChI=1S/C11H24N2O/c1-4-10(8-12)7-11(14)13-6-5-9(2)3/h9-10H,4-8,12H2,1-3H3,(H,13,14). The van der Waals surface area contributed by atoms with Crippen LogP contribution in [0.5, 0.6) is 0 Å². The van der Waals surface area contributed by atoms with E-state index in [9.17, 15) is 4.79 Å². The van der Waals surface area contributed by atoms with Gasteiger partial charge in [-0.05, 0) is 24.8 Å². The van der Waals surface area contributed by atoms with E-state index >= 15 is 0 Å². The summed E-state index contributed by atoms with van der Waals surface area (Å²) in [6.45, 7) is 7.77. The molecule has 0 aliphatic carbocycles. The van der Waals surface area contributed by atoms with E-state index in [1.165, 1.54) is 0 Å². The summed E-state index contributed by atoms with van der Waals surface area (Å²) in [5, 5.41) is 2.92. The topological polar surface area (TPSA) is 55.1 Å². The molecular weight excluding hydrogens is 176 g/mol. The van der Waals surface area contributed by atoms with Gasteiger partial charge in [0, 0.05) is 13.0 Å². The Morgan fingerprint density at radius 1 is 1.43 bits per heavy atom. The van der Waals surface area contributed by atoms with Crippen molar-refractivity contribution in [1.82, 2.24) is 5.32 Å². The molecule has 0 aromatic rings. The van der Waals surface area contributed by atoms with Gasteiger partial charge in [0.1, 0.15) is 0 Å². The monoisotopic (exact) mass is 200 g/mol. The van der Waals surface area contributed by atoms with Gasteiger partial charge in [-0.15, -0.1) is 0 Å². The molecule has 0 saturated carbocycles. The van der Waals surface area contributed by atoms with E-state index in [0.29, 0.717) is 24.8 Å². The SMILES string of the molecule is CCC(CN)CC(=O)NCCC(C)C. The largest absolute Gasteiger partial charge is 0.356 e. The predicted molar refractivity (Wildman–Crippen MR) is 59.9 cm³/mol.